The zero-order valence-corrected chi connectivity index (χ0v) is 21.2. The SMILES string of the molecule is CCC(C)C(NC(=O)C(CC(=O)O)NC(=O)C(N)Cc1ccc(O)cc1)C(=O)NC(CCC(N)=O)C(=O)O. The lowest BCUT2D eigenvalue weighted by Gasteiger charge is -2.27. The maximum atomic E-state index is 13.0. The molecule has 1 rings (SSSR count). The van der Waals surface area contributed by atoms with Gasteiger partial charge in [-0.1, -0.05) is 32.4 Å². The van der Waals surface area contributed by atoms with E-state index in [-0.39, 0.29) is 25.0 Å². The Hall–Kier alpha value is -4.20. The Morgan fingerprint density at radius 1 is 0.895 bits per heavy atom. The predicted octanol–water partition coefficient (Wildman–Crippen LogP) is -1.41. The molecule has 5 unspecified atom stereocenters. The fraction of sp³-hybridized carbons (Fsp3) is 0.500. The van der Waals surface area contributed by atoms with Gasteiger partial charge in [-0.2, -0.15) is 0 Å². The largest absolute Gasteiger partial charge is 0.508 e. The third kappa shape index (κ3) is 10.8. The van der Waals surface area contributed by atoms with E-state index in [1.165, 1.54) is 12.1 Å². The molecule has 0 spiro atoms. The molecular formula is C24H35N5O9. The van der Waals surface area contributed by atoms with Crippen molar-refractivity contribution in [3.05, 3.63) is 29.8 Å². The maximum Gasteiger partial charge on any atom is 0.326 e. The van der Waals surface area contributed by atoms with Crippen LogP contribution in [0.2, 0.25) is 0 Å². The molecule has 0 aliphatic heterocycles. The molecule has 0 saturated carbocycles. The highest BCUT2D eigenvalue weighted by Gasteiger charge is 2.33. The summed E-state index contributed by atoms with van der Waals surface area (Å²) in [4.78, 5) is 72.4. The minimum absolute atomic E-state index is 0.0207. The van der Waals surface area contributed by atoms with Crippen molar-refractivity contribution in [1.82, 2.24) is 16.0 Å². The quantitative estimate of drug-likeness (QED) is 0.122. The number of nitrogens with one attached hydrogen (secondary N) is 3. The number of benzene rings is 1. The zero-order valence-electron chi connectivity index (χ0n) is 21.2. The van der Waals surface area contributed by atoms with Crippen LogP contribution in [0.3, 0.4) is 0 Å². The molecule has 14 heteroatoms. The molecule has 0 saturated heterocycles. The van der Waals surface area contributed by atoms with E-state index in [0.717, 1.165) is 0 Å². The van der Waals surface area contributed by atoms with Gasteiger partial charge in [0.2, 0.25) is 23.6 Å². The summed E-state index contributed by atoms with van der Waals surface area (Å²) in [5.74, 6) is -6.73. The summed E-state index contributed by atoms with van der Waals surface area (Å²) in [5, 5.41) is 34.9. The Bertz CT molecular complexity index is 1020. The molecule has 1 aromatic carbocycles. The van der Waals surface area contributed by atoms with Gasteiger partial charge in [0, 0.05) is 6.42 Å². The number of carbonyl (C=O) groups is 6. The van der Waals surface area contributed by atoms with E-state index in [1.54, 1.807) is 26.0 Å². The fourth-order valence-corrected chi connectivity index (χ4v) is 3.40. The predicted molar refractivity (Wildman–Crippen MR) is 133 cm³/mol. The van der Waals surface area contributed by atoms with E-state index in [4.69, 9.17) is 11.5 Å². The topological polar surface area (TPSA) is 251 Å². The molecule has 210 valence electrons. The summed E-state index contributed by atoms with van der Waals surface area (Å²) in [6.45, 7) is 3.33. The van der Waals surface area contributed by atoms with E-state index in [9.17, 15) is 44.1 Å². The van der Waals surface area contributed by atoms with E-state index in [1.807, 2.05) is 0 Å². The van der Waals surface area contributed by atoms with Crippen LogP contribution >= 0.6 is 0 Å². The number of phenolic OH excluding ortho intramolecular Hbond substituents is 1. The van der Waals surface area contributed by atoms with Gasteiger partial charge in [0.1, 0.15) is 23.9 Å². The summed E-state index contributed by atoms with van der Waals surface area (Å²) >= 11 is 0. The van der Waals surface area contributed by atoms with Gasteiger partial charge in [-0.15, -0.1) is 0 Å². The number of aromatic hydroxyl groups is 1. The van der Waals surface area contributed by atoms with E-state index in [2.05, 4.69) is 16.0 Å². The highest BCUT2D eigenvalue weighted by molar-refractivity contribution is 5.95. The molecule has 5 atom stereocenters. The standard InChI is InChI=1S/C24H35N5O9/c1-3-12(2)20(23(36)27-16(24(37)38)8-9-18(26)31)29-22(35)17(11-19(32)33)28-21(34)15(25)10-13-4-6-14(30)7-5-13/h4-7,12,15-17,20,30H,3,8-11,25H2,1-2H3,(H2,26,31)(H,27,36)(H,28,34)(H,29,35)(H,32,33)(H,37,38). The van der Waals surface area contributed by atoms with Crippen molar-refractivity contribution in [2.24, 2.45) is 17.4 Å². The smallest absolute Gasteiger partial charge is 0.326 e. The number of carboxylic acids is 2. The Morgan fingerprint density at radius 3 is 1.97 bits per heavy atom. The molecule has 4 amide bonds. The first kappa shape index (κ1) is 31.8. The molecular weight excluding hydrogens is 502 g/mol. The van der Waals surface area contributed by atoms with Gasteiger partial charge in [0.25, 0.3) is 0 Å². The Morgan fingerprint density at radius 2 is 1.47 bits per heavy atom. The first-order valence-electron chi connectivity index (χ1n) is 11.9. The van der Waals surface area contributed by atoms with Gasteiger partial charge in [-0.05, 0) is 36.5 Å². The lowest BCUT2D eigenvalue weighted by atomic mass is 9.97. The first-order chi connectivity index (χ1) is 17.7. The van der Waals surface area contributed by atoms with Crippen molar-refractivity contribution in [3.63, 3.8) is 0 Å². The summed E-state index contributed by atoms with van der Waals surface area (Å²) < 4.78 is 0. The third-order valence-electron chi connectivity index (χ3n) is 5.83. The molecule has 0 radical (unpaired) electrons. The van der Waals surface area contributed by atoms with Crippen LogP contribution in [-0.2, 0) is 35.2 Å². The molecule has 0 fully saturated rings. The number of carbonyl (C=O) groups excluding carboxylic acids is 4. The second kappa shape index (κ2) is 15.1. The first-order valence-corrected chi connectivity index (χ1v) is 11.9. The summed E-state index contributed by atoms with van der Waals surface area (Å²) in [7, 11) is 0. The van der Waals surface area contributed by atoms with Crippen LogP contribution < -0.4 is 27.4 Å². The van der Waals surface area contributed by atoms with Crippen LogP contribution in [0.25, 0.3) is 0 Å². The molecule has 0 bridgehead atoms. The van der Waals surface area contributed by atoms with Gasteiger partial charge in [0.15, 0.2) is 0 Å². The number of carboxylic acid groups (broad SMARTS) is 2. The van der Waals surface area contributed by atoms with Crippen molar-refractivity contribution in [2.75, 3.05) is 0 Å². The highest BCUT2D eigenvalue weighted by Crippen LogP contribution is 2.12. The van der Waals surface area contributed by atoms with Crippen LogP contribution in [0.1, 0.15) is 45.1 Å². The van der Waals surface area contributed by atoms with Gasteiger partial charge >= 0.3 is 11.9 Å². The van der Waals surface area contributed by atoms with Gasteiger partial charge < -0.3 is 42.7 Å². The number of rotatable bonds is 16. The fourth-order valence-electron chi connectivity index (χ4n) is 3.40. The molecule has 0 aromatic heterocycles. The molecule has 0 aliphatic carbocycles. The number of hydrogen-bond donors (Lipinski definition) is 8. The number of primary amides is 1. The number of nitrogens with two attached hydrogens (primary N) is 2. The molecule has 14 nitrogen and oxygen atoms in total. The summed E-state index contributed by atoms with van der Waals surface area (Å²) in [6, 6.07) is 0.439. The van der Waals surface area contributed by atoms with Crippen molar-refractivity contribution in [2.45, 2.75) is 70.1 Å². The maximum absolute atomic E-state index is 13.0. The highest BCUT2D eigenvalue weighted by atomic mass is 16.4. The average Bonchev–Trinajstić information content (AvgIpc) is 2.84. The van der Waals surface area contributed by atoms with E-state index in [0.29, 0.717) is 12.0 Å². The summed E-state index contributed by atoms with van der Waals surface area (Å²) in [5.41, 5.74) is 11.6. The second-order valence-electron chi connectivity index (χ2n) is 8.91. The van der Waals surface area contributed by atoms with Crippen LogP contribution in [-0.4, -0.2) is 75.1 Å². The number of amides is 4. The van der Waals surface area contributed by atoms with Crippen molar-refractivity contribution < 1.29 is 44.1 Å². The molecule has 1 aromatic rings. The number of aliphatic carboxylic acids is 2. The Labute approximate surface area is 219 Å². The average molecular weight is 538 g/mol. The van der Waals surface area contributed by atoms with Crippen LogP contribution in [0.15, 0.2) is 24.3 Å². The van der Waals surface area contributed by atoms with Gasteiger partial charge in [0.05, 0.1) is 12.5 Å². The zero-order chi connectivity index (χ0) is 29.0. The third-order valence-corrected chi connectivity index (χ3v) is 5.83. The lowest BCUT2D eigenvalue weighted by molar-refractivity contribution is -0.144. The molecule has 38 heavy (non-hydrogen) atoms. The molecule has 0 aliphatic rings. The van der Waals surface area contributed by atoms with Crippen LogP contribution in [0.4, 0.5) is 0 Å². The van der Waals surface area contributed by atoms with E-state index < -0.39 is 72.1 Å². The van der Waals surface area contributed by atoms with E-state index >= 15 is 0 Å². The number of hydrogen-bond acceptors (Lipinski definition) is 8. The molecule has 0 heterocycles. The Balaban J connectivity index is 3.00. The summed E-state index contributed by atoms with van der Waals surface area (Å²) in [6.07, 6.45) is -0.963. The normalized spacial score (nSPS) is 14.7. The van der Waals surface area contributed by atoms with Crippen LogP contribution in [0.5, 0.6) is 5.75 Å². The number of phenols is 1. The minimum Gasteiger partial charge on any atom is -0.508 e. The van der Waals surface area contributed by atoms with Gasteiger partial charge in [-0.3, -0.25) is 24.0 Å². The van der Waals surface area contributed by atoms with Crippen molar-refractivity contribution >= 4 is 35.6 Å². The van der Waals surface area contributed by atoms with Crippen LogP contribution in [0, 0.1) is 5.92 Å². The monoisotopic (exact) mass is 537 g/mol. The minimum atomic E-state index is -1.59. The van der Waals surface area contributed by atoms with Crippen molar-refractivity contribution in [3.8, 4) is 5.75 Å². The second-order valence-corrected chi connectivity index (χ2v) is 8.91. The van der Waals surface area contributed by atoms with Gasteiger partial charge in [-0.25, -0.2) is 4.79 Å². The lowest BCUT2D eigenvalue weighted by Crippen LogP contribution is -2.59. The molecule has 10 N–H and O–H groups in total. The Kier molecular flexibility index (Phi) is 12.7. The van der Waals surface area contributed by atoms with Crippen molar-refractivity contribution in [1.29, 1.82) is 0 Å².